The summed E-state index contributed by atoms with van der Waals surface area (Å²) in [7, 11) is -7.66. The molecule has 0 aliphatic rings. The molecule has 0 saturated heterocycles. The van der Waals surface area contributed by atoms with E-state index in [4.69, 9.17) is 3.87 Å². The summed E-state index contributed by atoms with van der Waals surface area (Å²) in [5.74, 6) is 0. The summed E-state index contributed by atoms with van der Waals surface area (Å²) in [6.07, 6.45) is 7.65. The van der Waals surface area contributed by atoms with Crippen LogP contribution in [0, 0.1) is 0 Å². The first kappa shape index (κ1) is 22.9. The Hall–Kier alpha value is -0.0831. The third-order valence-electron chi connectivity index (χ3n) is 4.29. The lowest BCUT2D eigenvalue weighted by molar-refractivity contribution is -0.0503. The minimum absolute atomic E-state index is 0.412. The minimum atomic E-state index is -5.51. The number of halogens is 3. The molecule has 0 saturated carbocycles. The first-order chi connectivity index (χ1) is 10.6. The van der Waals surface area contributed by atoms with E-state index in [9.17, 15) is 21.6 Å². The molecule has 139 valence electrons. The van der Waals surface area contributed by atoms with Gasteiger partial charge in [-0.3, -0.25) is 0 Å². The van der Waals surface area contributed by atoms with Crippen LogP contribution in [0.4, 0.5) is 13.2 Å². The maximum atomic E-state index is 12.6. The van der Waals surface area contributed by atoms with Crippen molar-refractivity contribution >= 4 is 19.2 Å². The highest BCUT2D eigenvalue weighted by Crippen LogP contribution is 2.47. The molecular formula is C15H30F3O3SSi. The quantitative estimate of drug-likeness (QED) is 0.320. The van der Waals surface area contributed by atoms with Gasteiger partial charge in [-0.1, -0.05) is 59.3 Å². The van der Waals surface area contributed by atoms with E-state index in [1.807, 2.05) is 20.8 Å². The topological polar surface area (TPSA) is 43.4 Å². The zero-order chi connectivity index (χ0) is 18.1. The third-order valence-corrected chi connectivity index (χ3v) is 8.98. The van der Waals surface area contributed by atoms with Gasteiger partial charge in [0.1, 0.15) is 0 Å². The molecule has 1 radical (unpaired) electrons. The van der Waals surface area contributed by atoms with Crippen molar-refractivity contribution in [3.63, 3.8) is 0 Å². The van der Waals surface area contributed by atoms with E-state index in [-0.39, 0.29) is 0 Å². The first-order valence-corrected chi connectivity index (χ1v) is 11.7. The van der Waals surface area contributed by atoms with Gasteiger partial charge in [-0.25, -0.2) is 0 Å². The second-order valence-corrected chi connectivity index (χ2v) is 10.3. The van der Waals surface area contributed by atoms with E-state index in [1.165, 1.54) is 0 Å². The highest BCUT2D eigenvalue weighted by Gasteiger charge is 2.51. The van der Waals surface area contributed by atoms with E-state index in [0.29, 0.717) is 0 Å². The zero-order valence-electron chi connectivity index (χ0n) is 14.6. The van der Waals surface area contributed by atoms with Crippen LogP contribution in [-0.2, 0) is 14.0 Å². The molecule has 3 nitrogen and oxygen atoms in total. The number of unbranched alkanes of at least 4 members (excludes halogenated alkanes) is 3. The van der Waals surface area contributed by atoms with Gasteiger partial charge in [0.2, 0.25) is 9.04 Å². The molecule has 0 aromatic heterocycles. The molecule has 0 rings (SSSR count). The van der Waals surface area contributed by atoms with Crippen molar-refractivity contribution in [1.29, 1.82) is 0 Å². The van der Waals surface area contributed by atoms with Crippen molar-refractivity contribution < 1.29 is 25.5 Å². The van der Waals surface area contributed by atoms with Gasteiger partial charge < -0.3 is 3.87 Å². The van der Waals surface area contributed by atoms with Crippen molar-refractivity contribution in [2.75, 3.05) is 0 Å². The summed E-state index contributed by atoms with van der Waals surface area (Å²) in [6, 6.07) is 0. The molecule has 0 N–H and O–H groups in total. The Morgan fingerprint density at radius 3 is 1.48 bits per heavy atom. The monoisotopic (exact) mass is 375 g/mol. The van der Waals surface area contributed by atoms with Crippen LogP contribution >= 0.6 is 0 Å². The molecule has 23 heavy (non-hydrogen) atoms. The fraction of sp³-hybridized carbons (Fsp3) is 1.00. The van der Waals surface area contributed by atoms with Crippen LogP contribution in [0.15, 0.2) is 0 Å². The molecule has 0 heterocycles. The predicted molar refractivity (Wildman–Crippen MR) is 88.9 cm³/mol. The molecule has 0 aromatic carbocycles. The minimum Gasteiger partial charge on any atom is -0.308 e. The second kappa shape index (κ2) is 10.0. The molecule has 0 aliphatic carbocycles. The van der Waals surface area contributed by atoms with Gasteiger partial charge in [0, 0.05) is 0 Å². The number of hydrogen-bond acceptors (Lipinski definition) is 3. The fourth-order valence-corrected chi connectivity index (χ4v) is 6.74. The molecule has 0 atom stereocenters. The van der Waals surface area contributed by atoms with Gasteiger partial charge in [0.15, 0.2) is 0 Å². The lowest BCUT2D eigenvalue weighted by Gasteiger charge is -2.37. The highest BCUT2D eigenvalue weighted by molar-refractivity contribution is 7.88. The molecular weight excluding hydrogens is 345 g/mol. The lowest BCUT2D eigenvalue weighted by atomic mass is 9.89. The Morgan fingerprint density at radius 2 is 1.22 bits per heavy atom. The molecule has 0 amide bonds. The number of hydrogen-bond donors (Lipinski definition) is 0. The van der Waals surface area contributed by atoms with Crippen LogP contribution in [0.25, 0.3) is 0 Å². The van der Waals surface area contributed by atoms with Crippen molar-refractivity contribution in [3.8, 4) is 0 Å². The van der Waals surface area contributed by atoms with Crippen molar-refractivity contribution in [1.82, 2.24) is 0 Å². The van der Waals surface area contributed by atoms with Gasteiger partial charge in [0.05, 0.1) is 0 Å². The average Bonchev–Trinajstić information content (AvgIpc) is 2.45. The maximum Gasteiger partial charge on any atom is 0.522 e. The van der Waals surface area contributed by atoms with E-state index in [1.54, 1.807) is 6.55 Å². The van der Waals surface area contributed by atoms with Crippen molar-refractivity contribution in [2.45, 2.75) is 95.7 Å². The van der Waals surface area contributed by atoms with Crippen LogP contribution in [0.2, 0.25) is 11.6 Å². The van der Waals surface area contributed by atoms with E-state index < -0.39 is 29.7 Å². The average molecular weight is 376 g/mol. The van der Waals surface area contributed by atoms with Gasteiger partial charge >= 0.3 is 15.6 Å². The molecule has 0 bridgehead atoms. The van der Waals surface area contributed by atoms with Crippen molar-refractivity contribution in [3.05, 3.63) is 0 Å². The first-order valence-electron chi connectivity index (χ1n) is 8.41. The Kier molecular flexibility index (Phi) is 10.00. The fourth-order valence-electron chi connectivity index (χ4n) is 2.75. The van der Waals surface area contributed by atoms with Crippen LogP contribution in [0.1, 0.15) is 78.6 Å². The van der Waals surface area contributed by atoms with Gasteiger partial charge in [-0.15, -0.1) is 0 Å². The van der Waals surface area contributed by atoms with E-state index in [0.717, 1.165) is 57.8 Å². The van der Waals surface area contributed by atoms with Gasteiger partial charge in [-0.2, -0.15) is 21.6 Å². The summed E-state index contributed by atoms with van der Waals surface area (Å²) in [5.41, 5.74) is -5.34. The second-order valence-electron chi connectivity index (χ2n) is 6.13. The normalized spacial score (nSPS) is 13.7. The number of rotatable bonds is 12. The molecule has 0 spiro atoms. The standard InChI is InChI=1S/C15H30F3O3SSi/c1-5-8-11-14(12-9-6-2,13-10-7-3)23(4)21-22(19,20)15(16,17)18/h5-13H2,1-4H3. The molecule has 0 aliphatic heterocycles. The molecule has 0 fully saturated rings. The summed E-state index contributed by atoms with van der Waals surface area (Å²) >= 11 is 0. The third kappa shape index (κ3) is 7.13. The summed E-state index contributed by atoms with van der Waals surface area (Å²) in [4.78, 5) is 0. The molecule has 8 heteroatoms. The van der Waals surface area contributed by atoms with Crippen LogP contribution in [0.3, 0.4) is 0 Å². The highest BCUT2D eigenvalue weighted by atomic mass is 32.2. The summed E-state index contributed by atoms with van der Waals surface area (Å²) in [6.45, 7) is 7.66. The molecule has 0 unspecified atom stereocenters. The van der Waals surface area contributed by atoms with Crippen LogP contribution < -0.4 is 0 Å². The predicted octanol–water partition coefficient (Wildman–Crippen LogP) is 5.78. The number of alkyl halides is 3. The Morgan fingerprint density at radius 1 is 0.870 bits per heavy atom. The largest absolute Gasteiger partial charge is 0.522 e. The SMILES string of the molecule is CCCCC(CCCC)(CCCC)[Si](C)OS(=O)(=O)C(F)(F)F. The molecule has 0 aromatic rings. The van der Waals surface area contributed by atoms with Gasteiger partial charge in [0.25, 0.3) is 0 Å². The zero-order valence-corrected chi connectivity index (χ0v) is 16.4. The maximum absolute atomic E-state index is 12.6. The Balaban J connectivity index is 5.41. The van der Waals surface area contributed by atoms with Crippen molar-refractivity contribution in [2.24, 2.45) is 0 Å². The van der Waals surface area contributed by atoms with E-state index >= 15 is 0 Å². The Labute approximate surface area is 140 Å². The smallest absolute Gasteiger partial charge is 0.308 e. The summed E-state index contributed by atoms with van der Waals surface area (Å²) < 4.78 is 65.4. The van der Waals surface area contributed by atoms with E-state index in [2.05, 4.69) is 0 Å². The van der Waals surface area contributed by atoms with Crippen LogP contribution in [0.5, 0.6) is 0 Å². The van der Waals surface area contributed by atoms with Gasteiger partial charge in [-0.05, 0) is 30.8 Å². The summed E-state index contributed by atoms with van der Waals surface area (Å²) in [5, 5.41) is -0.412. The van der Waals surface area contributed by atoms with Crippen LogP contribution in [-0.4, -0.2) is 23.0 Å². The Bertz CT molecular complexity index is 402. The lowest BCUT2D eigenvalue weighted by Crippen LogP contribution is -2.39.